The summed E-state index contributed by atoms with van der Waals surface area (Å²) in [6.45, 7) is 0. The fraction of sp³-hybridized carbons (Fsp3) is 0. The normalized spacial score (nSPS) is 11.2. The van der Waals surface area contributed by atoms with E-state index >= 15 is 0 Å². The first-order valence-electron chi connectivity index (χ1n) is 18.8. The number of nitrogens with zero attached hydrogens (tertiary/aromatic N) is 4. The first-order chi connectivity index (χ1) is 27.7. The van der Waals surface area contributed by atoms with Gasteiger partial charge in [-0.05, 0) is 46.5 Å². The predicted molar refractivity (Wildman–Crippen MR) is 231 cm³/mol. The Bertz CT molecular complexity index is 2930. The van der Waals surface area contributed by atoms with Crippen LogP contribution in [0, 0.1) is 0 Å². The van der Waals surface area contributed by atoms with E-state index in [1.807, 2.05) is 60.7 Å². The third-order valence-corrected chi connectivity index (χ3v) is 10.3. The maximum Gasteiger partial charge on any atom is 0.160 e. The molecule has 0 radical (unpaired) electrons. The minimum atomic E-state index is 0.704. The molecule has 0 bridgehead atoms. The summed E-state index contributed by atoms with van der Waals surface area (Å²) in [5.41, 5.74) is 15.1. The van der Waals surface area contributed by atoms with E-state index in [-0.39, 0.29) is 0 Å². The van der Waals surface area contributed by atoms with Crippen LogP contribution in [-0.2, 0) is 0 Å². The number of benzene rings is 7. The van der Waals surface area contributed by atoms with Crippen molar-refractivity contribution in [3.05, 3.63) is 206 Å². The highest BCUT2D eigenvalue weighted by atomic mass is 14.9. The summed E-state index contributed by atoms with van der Waals surface area (Å²) in [6.07, 6.45) is 0. The number of pyridine rings is 2. The van der Waals surface area contributed by atoms with Crippen molar-refractivity contribution in [2.45, 2.75) is 0 Å². The smallest absolute Gasteiger partial charge is 0.160 e. The van der Waals surface area contributed by atoms with Crippen molar-refractivity contribution in [1.82, 2.24) is 19.9 Å². The molecule has 262 valence electrons. The molecule has 0 fully saturated rings. The molecule has 0 atom stereocenters. The third kappa shape index (κ3) is 6.40. The fourth-order valence-corrected chi connectivity index (χ4v) is 7.41. The van der Waals surface area contributed by atoms with Crippen LogP contribution in [-0.4, -0.2) is 19.9 Å². The molecule has 10 aromatic rings. The van der Waals surface area contributed by atoms with Crippen molar-refractivity contribution >= 4 is 21.8 Å². The van der Waals surface area contributed by atoms with Gasteiger partial charge < -0.3 is 0 Å². The molecule has 4 heteroatoms. The molecule has 10 rings (SSSR count). The second kappa shape index (κ2) is 14.3. The van der Waals surface area contributed by atoms with Crippen LogP contribution >= 0.6 is 0 Å². The van der Waals surface area contributed by atoms with Crippen molar-refractivity contribution in [3.8, 4) is 78.7 Å². The molecule has 3 aromatic heterocycles. The summed E-state index contributed by atoms with van der Waals surface area (Å²) < 4.78 is 0. The Labute approximate surface area is 325 Å². The molecule has 4 nitrogen and oxygen atoms in total. The number of hydrogen-bond acceptors (Lipinski definition) is 4. The molecule has 0 aliphatic rings. The summed E-state index contributed by atoms with van der Waals surface area (Å²) in [5.74, 6) is 0.704. The molecular weight excluding hydrogens is 681 g/mol. The summed E-state index contributed by atoms with van der Waals surface area (Å²) in [5, 5.41) is 2.13. The second-order valence-corrected chi connectivity index (χ2v) is 13.9. The third-order valence-electron chi connectivity index (χ3n) is 10.3. The van der Waals surface area contributed by atoms with E-state index in [1.165, 1.54) is 0 Å². The number of rotatable bonds is 7. The number of aromatic nitrogens is 4. The highest BCUT2D eigenvalue weighted by Crippen LogP contribution is 2.37. The lowest BCUT2D eigenvalue weighted by Crippen LogP contribution is -1.96. The zero-order valence-corrected chi connectivity index (χ0v) is 30.4. The van der Waals surface area contributed by atoms with Crippen molar-refractivity contribution in [2.75, 3.05) is 0 Å². The Morgan fingerprint density at radius 1 is 0.250 bits per heavy atom. The van der Waals surface area contributed by atoms with E-state index in [0.29, 0.717) is 5.82 Å². The van der Waals surface area contributed by atoms with Gasteiger partial charge in [-0.1, -0.05) is 182 Å². The average Bonchev–Trinajstić information content (AvgIpc) is 3.29. The van der Waals surface area contributed by atoms with Crippen LogP contribution in [0.15, 0.2) is 206 Å². The number of fused-ring (bicyclic) bond motifs is 3. The fourth-order valence-electron chi connectivity index (χ4n) is 7.41. The zero-order chi connectivity index (χ0) is 37.3. The first kappa shape index (κ1) is 33.0. The molecule has 0 saturated carbocycles. The van der Waals surface area contributed by atoms with Gasteiger partial charge in [0.2, 0.25) is 0 Å². The van der Waals surface area contributed by atoms with Crippen LogP contribution in [0.4, 0.5) is 0 Å². The molecule has 0 amide bonds. The van der Waals surface area contributed by atoms with Gasteiger partial charge in [-0.2, -0.15) is 0 Å². The maximum absolute atomic E-state index is 5.28. The van der Waals surface area contributed by atoms with Gasteiger partial charge in [0.1, 0.15) is 0 Å². The molecule has 0 aliphatic heterocycles. The highest BCUT2D eigenvalue weighted by Gasteiger charge is 2.15. The Morgan fingerprint density at radius 3 is 1.38 bits per heavy atom. The summed E-state index contributed by atoms with van der Waals surface area (Å²) in [4.78, 5) is 20.5. The average molecular weight is 715 g/mol. The molecular formula is C52H34N4. The van der Waals surface area contributed by atoms with Crippen molar-refractivity contribution < 1.29 is 0 Å². The Balaban J connectivity index is 1.06. The minimum Gasteiger partial charge on any atom is -0.245 e. The first-order valence-corrected chi connectivity index (χ1v) is 18.8. The quantitative estimate of drug-likeness (QED) is 0.154. The van der Waals surface area contributed by atoms with Gasteiger partial charge in [0.25, 0.3) is 0 Å². The largest absolute Gasteiger partial charge is 0.245 e. The van der Waals surface area contributed by atoms with E-state index in [2.05, 4.69) is 146 Å². The summed E-state index contributed by atoms with van der Waals surface area (Å²) in [6, 6.07) is 71.5. The summed E-state index contributed by atoms with van der Waals surface area (Å²) >= 11 is 0. The Kier molecular flexibility index (Phi) is 8.47. The van der Waals surface area contributed by atoms with Crippen LogP contribution < -0.4 is 0 Å². The molecule has 0 saturated heterocycles. The van der Waals surface area contributed by atoms with Gasteiger partial charge in [-0.3, -0.25) is 0 Å². The molecule has 0 spiro atoms. The molecule has 7 aromatic carbocycles. The van der Waals surface area contributed by atoms with Gasteiger partial charge in [-0.25, -0.2) is 19.9 Å². The van der Waals surface area contributed by atoms with Gasteiger partial charge in [0.15, 0.2) is 5.82 Å². The van der Waals surface area contributed by atoms with Crippen molar-refractivity contribution in [3.63, 3.8) is 0 Å². The van der Waals surface area contributed by atoms with Crippen molar-refractivity contribution in [1.29, 1.82) is 0 Å². The molecule has 0 unspecified atom stereocenters. The van der Waals surface area contributed by atoms with Gasteiger partial charge >= 0.3 is 0 Å². The minimum absolute atomic E-state index is 0.704. The van der Waals surface area contributed by atoms with Crippen LogP contribution in [0.5, 0.6) is 0 Å². The predicted octanol–water partition coefficient (Wildman–Crippen LogP) is 13.2. The number of hydrogen-bond donors (Lipinski definition) is 0. The van der Waals surface area contributed by atoms with Crippen LogP contribution in [0.1, 0.15) is 0 Å². The van der Waals surface area contributed by atoms with Gasteiger partial charge in [-0.15, -0.1) is 0 Å². The van der Waals surface area contributed by atoms with Crippen LogP contribution in [0.3, 0.4) is 0 Å². The molecule has 0 N–H and O–H groups in total. The van der Waals surface area contributed by atoms with E-state index in [1.54, 1.807) is 0 Å². The standard InChI is InChI=1S/C52H34N4/c1-5-14-37(15-6-1)46-31-29-40-28-30-44-45(33-47(38-16-7-2-8-17-38)54-51(44)50(40)53-46)36-26-24-35(25-27-36)42-22-13-23-43(32-42)49-34-48(39-18-9-3-10-19-39)55-52(56-49)41-20-11-4-12-21-41/h1-34H. The van der Waals surface area contributed by atoms with Gasteiger partial charge in [0.05, 0.1) is 33.8 Å². The Morgan fingerprint density at radius 2 is 0.732 bits per heavy atom. The molecule has 0 aliphatic carbocycles. The summed E-state index contributed by atoms with van der Waals surface area (Å²) in [7, 11) is 0. The van der Waals surface area contributed by atoms with Gasteiger partial charge in [0, 0.05) is 38.6 Å². The van der Waals surface area contributed by atoms with E-state index in [4.69, 9.17) is 19.9 Å². The van der Waals surface area contributed by atoms with E-state index < -0.39 is 0 Å². The monoisotopic (exact) mass is 714 g/mol. The zero-order valence-electron chi connectivity index (χ0n) is 30.4. The van der Waals surface area contributed by atoms with E-state index in [0.717, 1.165) is 94.7 Å². The second-order valence-electron chi connectivity index (χ2n) is 13.9. The lowest BCUT2D eigenvalue weighted by atomic mass is 9.94. The maximum atomic E-state index is 5.28. The lowest BCUT2D eigenvalue weighted by Gasteiger charge is -2.14. The van der Waals surface area contributed by atoms with Crippen molar-refractivity contribution in [2.24, 2.45) is 0 Å². The highest BCUT2D eigenvalue weighted by molar-refractivity contribution is 6.09. The lowest BCUT2D eigenvalue weighted by molar-refractivity contribution is 1.18. The topological polar surface area (TPSA) is 51.6 Å². The van der Waals surface area contributed by atoms with E-state index in [9.17, 15) is 0 Å². The SMILES string of the molecule is c1ccc(-c2cc(-c3cccc(-c4ccc(-c5cc(-c6ccccc6)nc6c5ccc5ccc(-c7ccccc7)nc56)cc4)c3)nc(-c3ccccc3)n2)cc1. The van der Waals surface area contributed by atoms with Crippen LogP contribution in [0.25, 0.3) is 100 Å². The van der Waals surface area contributed by atoms with Crippen LogP contribution in [0.2, 0.25) is 0 Å². The molecule has 56 heavy (non-hydrogen) atoms. The Hall–Kier alpha value is -7.56. The molecule has 3 heterocycles.